The molecule has 1 aromatic carbocycles. The summed E-state index contributed by atoms with van der Waals surface area (Å²) >= 11 is 0. The molecule has 0 spiro atoms. The fourth-order valence-electron chi connectivity index (χ4n) is 3.45. The van der Waals surface area contributed by atoms with Gasteiger partial charge in [0.15, 0.2) is 0 Å². The summed E-state index contributed by atoms with van der Waals surface area (Å²) < 4.78 is 1.90. The molecule has 0 radical (unpaired) electrons. The molecule has 1 aliphatic rings. The third-order valence-electron chi connectivity index (χ3n) is 4.92. The molecule has 1 atom stereocenters. The number of amides is 1. The zero-order valence-electron chi connectivity index (χ0n) is 14.5. The highest BCUT2D eigenvalue weighted by molar-refractivity contribution is 5.97. The van der Waals surface area contributed by atoms with E-state index in [4.69, 9.17) is 0 Å². The predicted molar refractivity (Wildman–Crippen MR) is 95.3 cm³/mol. The highest BCUT2D eigenvalue weighted by Crippen LogP contribution is 2.23. The van der Waals surface area contributed by atoms with Gasteiger partial charge < -0.3 is 4.90 Å². The highest BCUT2D eigenvalue weighted by atomic mass is 16.2. The summed E-state index contributed by atoms with van der Waals surface area (Å²) in [7, 11) is 0. The van der Waals surface area contributed by atoms with Crippen molar-refractivity contribution < 1.29 is 4.79 Å². The molecule has 1 amide bonds. The summed E-state index contributed by atoms with van der Waals surface area (Å²) in [6.07, 6.45) is 5.76. The van der Waals surface area contributed by atoms with Crippen LogP contribution in [0.15, 0.2) is 36.7 Å². The molecule has 0 bridgehead atoms. The second-order valence-electron chi connectivity index (χ2n) is 6.62. The van der Waals surface area contributed by atoms with Crippen LogP contribution in [0.5, 0.6) is 0 Å². The molecule has 128 valence electrons. The van der Waals surface area contributed by atoms with E-state index in [0.717, 1.165) is 48.4 Å². The van der Waals surface area contributed by atoms with Crippen LogP contribution in [-0.2, 0) is 6.54 Å². The molecule has 0 unspecified atom stereocenters. The minimum absolute atomic E-state index is 0.0663. The number of carbonyl (C=O) groups is 1. The first-order valence-electron chi connectivity index (χ1n) is 8.65. The Hall–Kier alpha value is -2.76. The van der Waals surface area contributed by atoms with Crippen molar-refractivity contribution in [2.24, 2.45) is 0 Å². The van der Waals surface area contributed by atoms with E-state index in [0.29, 0.717) is 5.56 Å². The van der Waals surface area contributed by atoms with Crippen LogP contribution in [0.2, 0.25) is 0 Å². The molecule has 3 heterocycles. The van der Waals surface area contributed by atoms with Gasteiger partial charge in [0.25, 0.3) is 5.91 Å². The summed E-state index contributed by atoms with van der Waals surface area (Å²) in [5.41, 5.74) is 4.10. The molecule has 1 fully saturated rings. The predicted octanol–water partition coefficient (Wildman–Crippen LogP) is 2.75. The first kappa shape index (κ1) is 15.7. The van der Waals surface area contributed by atoms with E-state index in [-0.39, 0.29) is 11.9 Å². The number of aromatic nitrogens is 4. The Labute approximate surface area is 146 Å². The summed E-state index contributed by atoms with van der Waals surface area (Å²) in [4.78, 5) is 24.1. The number of nitrogens with zero attached hydrogens (tertiary/aromatic N) is 5. The van der Waals surface area contributed by atoms with Crippen LogP contribution >= 0.6 is 0 Å². The van der Waals surface area contributed by atoms with Crippen LogP contribution in [0.4, 0.5) is 0 Å². The Bertz CT molecular complexity index is 919. The monoisotopic (exact) mass is 335 g/mol. The van der Waals surface area contributed by atoms with E-state index >= 15 is 0 Å². The molecule has 6 heteroatoms. The van der Waals surface area contributed by atoms with Crippen molar-refractivity contribution in [3.63, 3.8) is 0 Å². The van der Waals surface area contributed by atoms with Crippen molar-refractivity contribution in [3.05, 3.63) is 53.6 Å². The van der Waals surface area contributed by atoms with E-state index < -0.39 is 0 Å². The maximum Gasteiger partial charge on any atom is 0.254 e. The van der Waals surface area contributed by atoms with E-state index in [2.05, 4.69) is 15.1 Å². The Balaban J connectivity index is 1.61. The van der Waals surface area contributed by atoms with Gasteiger partial charge in [-0.3, -0.25) is 9.48 Å². The second kappa shape index (κ2) is 6.27. The minimum Gasteiger partial charge on any atom is -0.334 e. The van der Waals surface area contributed by atoms with Gasteiger partial charge in [-0.05, 0) is 51.0 Å². The summed E-state index contributed by atoms with van der Waals surface area (Å²) in [5.74, 6) is 0.0663. The molecular weight excluding hydrogens is 314 g/mol. The first-order valence-corrected chi connectivity index (χ1v) is 8.65. The maximum absolute atomic E-state index is 13.0. The topological polar surface area (TPSA) is 63.9 Å². The number of benzene rings is 1. The average molecular weight is 335 g/mol. The van der Waals surface area contributed by atoms with Crippen molar-refractivity contribution in [3.8, 4) is 0 Å². The zero-order chi connectivity index (χ0) is 17.4. The number of hydrogen-bond acceptors (Lipinski definition) is 4. The van der Waals surface area contributed by atoms with E-state index in [1.165, 1.54) is 0 Å². The van der Waals surface area contributed by atoms with Gasteiger partial charge >= 0.3 is 0 Å². The highest BCUT2D eigenvalue weighted by Gasteiger charge is 2.30. The van der Waals surface area contributed by atoms with Gasteiger partial charge in [-0.15, -0.1) is 0 Å². The SMILES string of the molecule is Cc1nc2ccc(C(=O)N3CCC[C@@H]3Cn3cccn3)cc2nc1C. The molecule has 4 rings (SSSR count). The molecule has 0 N–H and O–H groups in total. The quantitative estimate of drug-likeness (QED) is 0.738. The summed E-state index contributed by atoms with van der Waals surface area (Å²) in [5, 5.41) is 4.27. The van der Waals surface area contributed by atoms with Crippen LogP contribution < -0.4 is 0 Å². The lowest BCUT2D eigenvalue weighted by Gasteiger charge is -2.25. The fourth-order valence-corrected chi connectivity index (χ4v) is 3.45. The number of likely N-dealkylation sites (tertiary alicyclic amines) is 1. The van der Waals surface area contributed by atoms with Gasteiger partial charge in [0.05, 0.1) is 35.0 Å². The maximum atomic E-state index is 13.0. The lowest BCUT2D eigenvalue weighted by Crippen LogP contribution is -2.38. The van der Waals surface area contributed by atoms with Crippen LogP contribution in [0, 0.1) is 13.8 Å². The number of rotatable bonds is 3. The molecule has 6 nitrogen and oxygen atoms in total. The van der Waals surface area contributed by atoms with Crippen molar-refractivity contribution >= 4 is 16.9 Å². The van der Waals surface area contributed by atoms with Gasteiger partial charge in [-0.2, -0.15) is 5.10 Å². The van der Waals surface area contributed by atoms with Gasteiger partial charge in [0.2, 0.25) is 0 Å². The molecule has 3 aromatic rings. The number of carbonyl (C=O) groups excluding carboxylic acids is 1. The van der Waals surface area contributed by atoms with E-state index in [1.807, 2.05) is 53.9 Å². The lowest BCUT2D eigenvalue weighted by atomic mass is 10.1. The first-order chi connectivity index (χ1) is 12.1. The molecule has 2 aromatic heterocycles. The molecule has 1 saturated heterocycles. The molecule has 25 heavy (non-hydrogen) atoms. The van der Waals surface area contributed by atoms with Gasteiger partial charge in [-0.1, -0.05) is 0 Å². The van der Waals surface area contributed by atoms with Crippen molar-refractivity contribution in [2.45, 2.75) is 39.3 Å². The number of fused-ring (bicyclic) bond motifs is 1. The van der Waals surface area contributed by atoms with Crippen LogP contribution in [0.25, 0.3) is 11.0 Å². The van der Waals surface area contributed by atoms with Crippen molar-refractivity contribution in [2.75, 3.05) is 6.54 Å². The average Bonchev–Trinajstić information content (AvgIpc) is 3.27. The number of aryl methyl sites for hydroxylation is 2. The fraction of sp³-hybridized carbons (Fsp3) is 0.368. The smallest absolute Gasteiger partial charge is 0.254 e. The second-order valence-corrected chi connectivity index (χ2v) is 6.62. The third kappa shape index (κ3) is 2.99. The Morgan fingerprint density at radius 1 is 1.20 bits per heavy atom. The van der Waals surface area contributed by atoms with E-state index in [1.54, 1.807) is 6.20 Å². The van der Waals surface area contributed by atoms with Gasteiger partial charge in [-0.25, -0.2) is 9.97 Å². The standard InChI is InChI=1S/C19H21N5O/c1-13-14(2)22-18-11-15(6-7-17(18)21-13)19(25)24-10-3-5-16(24)12-23-9-4-8-20-23/h4,6-9,11,16H,3,5,10,12H2,1-2H3/t16-/m1/s1. The molecule has 0 saturated carbocycles. The van der Waals surface area contributed by atoms with Crippen molar-refractivity contribution in [1.29, 1.82) is 0 Å². The lowest BCUT2D eigenvalue weighted by molar-refractivity contribution is 0.0722. The Kier molecular flexibility index (Phi) is 3.95. The molecule has 0 aliphatic carbocycles. The van der Waals surface area contributed by atoms with E-state index in [9.17, 15) is 4.79 Å². The Morgan fingerprint density at radius 3 is 2.76 bits per heavy atom. The van der Waals surface area contributed by atoms with Crippen LogP contribution in [0.3, 0.4) is 0 Å². The summed E-state index contributed by atoms with van der Waals surface area (Å²) in [6.45, 7) is 5.42. The zero-order valence-corrected chi connectivity index (χ0v) is 14.5. The molecule has 1 aliphatic heterocycles. The van der Waals surface area contributed by atoms with Gasteiger partial charge in [0.1, 0.15) is 0 Å². The molecular formula is C19H21N5O. The number of hydrogen-bond donors (Lipinski definition) is 0. The Morgan fingerprint density at radius 2 is 2.00 bits per heavy atom. The third-order valence-corrected chi connectivity index (χ3v) is 4.92. The largest absolute Gasteiger partial charge is 0.334 e. The normalized spacial score (nSPS) is 17.4. The minimum atomic E-state index is 0.0663. The van der Waals surface area contributed by atoms with Crippen LogP contribution in [-0.4, -0.2) is 43.1 Å². The van der Waals surface area contributed by atoms with Crippen LogP contribution in [0.1, 0.15) is 34.6 Å². The van der Waals surface area contributed by atoms with Gasteiger partial charge in [0, 0.05) is 24.5 Å². The summed E-state index contributed by atoms with van der Waals surface area (Å²) in [6, 6.07) is 7.71. The van der Waals surface area contributed by atoms with Crippen molar-refractivity contribution in [1.82, 2.24) is 24.6 Å².